The van der Waals surface area contributed by atoms with E-state index in [1.54, 1.807) is 7.11 Å². The maximum absolute atomic E-state index is 12.5. The first-order valence-electron chi connectivity index (χ1n) is 9.94. The molecule has 0 aromatic heterocycles. The highest BCUT2D eigenvalue weighted by Crippen LogP contribution is 2.23. The number of para-hydroxylation sites is 1. The fourth-order valence-corrected chi connectivity index (χ4v) is 3.68. The van der Waals surface area contributed by atoms with Crippen molar-refractivity contribution >= 4 is 5.91 Å². The predicted octanol–water partition coefficient (Wildman–Crippen LogP) is 3.13. The van der Waals surface area contributed by atoms with E-state index in [2.05, 4.69) is 41.4 Å². The Kier molecular flexibility index (Phi) is 7.46. The van der Waals surface area contributed by atoms with Crippen LogP contribution in [0, 0.1) is 6.92 Å². The summed E-state index contributed by atoms with van der Waals surface area (Å²) in [6, 6.07) is 16.6. The first-order valence-corrected chi connectivity index (χ1v) is 9.94. The third-order valence-electron chi connectivity index (χ3n) is 5.22. The Morgan fingerprint density at radius 3 is 2.71 bits per heavy atom. The van der Waals surface area contributed by atoms with Crippen LogP contribution in [0.1, 0.15) is 29.2 Å². The summed E-state index contributed by atoms with van der Waals surface area (Å²) < 4.78 is 10.9. The van der Waals surface area contributed by atoms with Gasteiger partial charge in [0.05, 0.1) is 26.4 Å². The van der Waals surface area contributed by atoms with E-state index in [0.29, 0.717) is 19.4 Å². The lowest BCUT2D eigenvalue weighted by Gasteiger charge is -2.35. The molecule has 0 radical (unpaired) electrons. The molecule has 0 spiro atoms. The molecule has 1 aliphatic rings. The minimum absolute atomic E-state index is 0.0665. The van der Waals surface area contributed by atoms with Gasteiger partial charge in [-0.1, -0.05) is 48.0 Å². The lowest BCUT2D eigenvalue weighted by molar-refractivity contribution is -0.121. The zero-order chi connectivity index (χ0) is 19.8. The van der Waals surface area contributed by atoms with Crippen LogP contribution in [0.5, 0.6) is 5.75 Å². The number of carbonyl (C=O) groups is 1. The summed E-state index contributed by atoms with van der Waals surface area (Å²) in [5.41, 5.74) is 3.54. The van der Waals surface area contributed by atoms with Gasteiger partial charge in [-0.05, 0) is 30.5 Å². The third kappa shape index (κ3) is 5.57. The summed E-state index contributed by atoms with van der Waals surface area (Å²) in [6.45, 7) is 5.96. The number of nitrogens with zero attached hydrogens (tertiary/aromatic N) is 1. The van der Waals surface area contributed by atoms with E-state index in [4.69, 9.17) is 9.47 Å². The Bertz CT molecular complexity index is 772. The van der Waals surface area contributed by atoms with E-state index in [-0.39, 0.29) is 11.9 Å². The number of nitrogens with one attached hydrogen (secondary N) is 1. The summed E-state index contributed by atoms with van der Waals surface area (Å²) >= 11 is 0. The average molecular weight is 383 g/mol. The molecular weight excluding hydrogens is 352 g/mol. The average Bonchev–Trinajstić information content (AvgIpc) is 2.73. The molecule has 3 rings (SSSR count). The van der Waals surface area contributed by atoms with Crippen molar-refractivity contribution in [2.24, 2.45) is 0 Å². The van der Waals surface area contributed by atoms with Crippen molar-refractivity contribution in [2.45, 2.75) is 25.8 Å². The highest BCUT2D eigenvalue weighted by Gasteiger charge is 2.23. The molecule has 1 N–H and O–H groups in total. The van der Waals surface area contributed by atoms with Crippen LogP contribution in [-0.4, -0.2) is 50.8 Å². The molecule has 2 aromatic rings. The maximum atomic E-state index is 12.5. The fraction of sp³-hybridized carbons (Fsp3) is 0.435. The smallest absolute Gasteiger partial charge is 0.220 e. The van der Waals surface area contributed by atoms with Crippen LogP contribution in [0.4, 0.5) is 0 Å². The first-order chi connectivity index (χ1) is 13.7. The Morgan fingerprint density at radius 1 is 1.18 bits per heavy atom. The zero-order valence-electron chi connectivity index (χ0n) is 16.8. The molecule has 5 nitrogen and oxygen atoms in total. The van der Waals surface area contributed by atoms with Crippen molar-refractivity contribution < 1.29 is 14.3 Å². The van der Waals surface area contributed by atoms with Gasteiger partial charge in [0.1, 0.15) is 5.75 Å². The van der Waals surface area contributed by atoms with Crippen LogP contribution in [0.15, 0.2) is 48.5 Å². The van der Waals surface area contributed by atoms with Gasteiger partial charge < -0.3 is 14.8 Å². The van der Waals surface area contributed by atoms with E-state index in [1.165, 1.54) is 11.1 Å². The van der Waals surface area contributed by atoms with Gasteiger partial charge >= 0.3 is 0 Å². The molecule has 1 amide bonds. The minimum Gasteiger partial charge on any atom is -0.496 e. The summed E-state index contributed by atoms with van der Waals surface area (Å²) in [6.07, 6.45) is 1.12. The SMILES string of the molecule is COc1ccccc1CCC(=O)NCC(c1cccc(C)c1)N1CCOCC1. The van der Waals surface area contributed by atoms with Crippen molar-refractivity contribution in [3.8, 4) is 5.75 Å². The van der Waals surface area contributed by atoms with Gasteiger partial charge in [0.25, 0.3) is 0 Å². The molecular formula is C23H30N2O3. The lowest BCUT2D eigenvalue weighted by atomic mass is 10.0. The molecule has 0 bridgehead atoms. The second-order valence-corrected chi connectivity index (χ2v) is 7.19. The van der Waals surface area contributed by atoms with Gasteiger partial charge in [0, 0.05) is 26.1 Å². The Balaban J connectivity index is 1.60. The molecule has 1 fully saturated rings. The van der Waals surface area contributed by atoms with Crippen LogP contribution >= 0.6 is 0 Å². The summed E-state index contributed by atoms with van der Waals surface area (Å²) in [7, 11) is 1.66. The third-order valence-corrected chi connectivity index (χ3v) is 5.22. The van der Waals surface area contributed by atoms with E-state index in [9.17, 15) is 4.79 Å². The minimum atomic E-state index is 0.0665. The number of morpholine rings is 1. The second kappa shape index (κ2) is 10.2. The monoisotopic (exact) mass is 382 g/mol. The molecule has 150 valence electrons. The molecule has 1 saturated heterocycles. The van der Waals surface area contributed by atoms with Crippen LogP contribution in [0.3, 0.4) is 0 Å². The molecule has 1 aliphatic heterocycles. The number of aryl methyl sites for hydroxylation is 2. The molecule has 0 saturated carbocycles. The van der Waals surface area contributed by atoms with E-state index in [0.717, 1.165) is 37.6 Å². The summed E-state index contributed by atoms with van der Waals surface area (Å²) in [5, 5.41) is 3.14. The molecule has 5 heteroatoms. The maximum Gasteiger partial charge on any atom is 0.220 e. The fourth-order valence-electron chi connectivity index (χ4n) is 3.68. The molecule has 28 heavy (non-hydrogen) atoms. The normalized spacial score (nSPS) is 15.8. The molecule has 0 aliphatic carbocycles. The van der Waals surface area contributed by atoms with Crippen molar-refractivity contribution in [3.63, 3.8) is 0 Å². The second-order valence-electron chi connectivity index (χ2n) is 7.19. The Hall–Kier alpha value is -2.37. The summed E-state index contributed by atoms with van der Waals surface area (Å²) in [4.78, 5) is 14.9. The number of carbonyl (C=O) groups excluding carboxylic acids is 1. The van der Waals surface area contributed by atoms with Gasteiger partial charge in [0.15, 0.2) is 0 Å². The number of ether oxygens (including phenoxy) is 2. The number of hydrogen-bond acceptors (Lipinski definition) is 4. The number of methoxy groups -OCH3 is 1. The number of benzene rings is 2. The lowest BCUT2D eigenvalue weighted by Crippen LogP contribution is -2.43. The standard InChI is InChI=1S/C23H30N2O3/c1-18-6-5-8-20(16-18)21(25-12-14-28-15-13-25)17-24-23(26)11-10-19-7-3-4-9-22(19)27-2/h3-9,16,21H,10-15,17H2,1-2H3,(H,24,26). The molecule has 2 aromatic carbocycles. The van der Waals surface area contributed by atoms with Gasteiger partial charge in [-0.15, -0.1) is 0 Å². The largest absolute Gasteiger partial charge is 0.496 e. The highest BCUT2D eigenvalue weighted by molar-refractivity contribution is 5.76. The highest BCUT2D eigenvalue weighted by atomic mass is 16.5. The van der Waals surface area contributed by atoms with Crippen LogP contribution < -0.4 is 10.1 Å². The van der Waals surface area contributed by atoms with Crippen LogP contribution in [0.2, 0.25) is 0 Å². The Labute approximate surface area is 167 Å². The molecule has 1 heterocycles. The molecule has 1 unspecified atom stereocenters. The zero-order valence-corrected chi connectivity index (χ0v) is 16.8. The van der Waals surface area contributed by atoms with Crippen LogP contribution in [0.25, 0.3) is 0 Å². The van der Waals surface area contributed by atoms with Crippen molar-refractivity contribution in [1.29, 1.82) is 0 Å². The van der Waals surface area contributed by atoms with Gasteiger partial charge in [-0.25, -0.2) is 0 Å². The van der Waals surface area contributed by atoms with Crippen molar-refractivity contribution in [3.05, 3.63) is 65.2 Å². The molecule has 1 atom stereocenters. The quantitative estimate of drug-likeness (QED) is 0.762. The van der Waals surface area contributed by atoms with Gasteiger partial charge in [0.2, 0.25) is 5.91 Å². The number of rotatable bonds is 8. The van der Waals surface area contributed by atoms with Crippen molar-refractivity contribution in [1.82, 2.24) is 10.2 Å². The predicted molar refractivity (Wildman–Crippen MR) is 111 cm³/mol. The number of amides is 1. The Morgan fingerprint density at radius 2 is 1.96 bits per heavy atom. The van der Waals surface area contributed by atoms with Crippen molar-refractivity contribution in [2.75, 3.05) is 40.0 Å². The topological polar surface area (TPSA) is 50.8 Å². The van der Waals surface area contributed by atoms with Gasteiger partial charge in [-0.2, -0.15) is 0 Å². The van der Waals surface area contributed by atoms with E-state index < -0.39 is 0 Å². The van der Waals surface area contributed by atoms with E-state index >= 15 is 0 Å². The van der Waals surface area contributed by atoms with Crippen LogP contribution in [-0.2, 0) is 16.0 Å². The van der Waals surface area contributed by atoms with E-state index in [1.807, 2.05) is 24.3 Å². The number of hydrogen-bond donors (Lipinski definition) is 1. The summed E-state index contributed by atoms with van der Waals surface area (Å²) in [5.74, 6) is 0.901. The first kappa shape index (κ1) is 20.4. The van der Waals surface area contributed by atoms with Gasteiger partial charge in [-0.3, -0.25) is 9.69 Å².